The third-order valence-electron chi connectivity index (χ3n) is 12.8. The Morgan fingerprint density at radius 1 is 1.02 bits per heavy atom. The van der Waals surface area contributed by atoms with Gasteiger partial charge in [0.05, 0.1) is 6.04 Å². The molecule has 0 saturated heterocycles. The van der Waals surface area contributed by atoms with E-state index in [1.165, 1.54) is 64.2 Å². The van der Waals surface area contributed by atoms with Crippen LogP contribution in [-0.2, 0) is 4.79 Å². The number of rotatable bonds is 19. The number of unbranched alkanes of at least 4 members (excludes halogenated alkanes) is 1. The third kappa shape index (κ3) is 9.92. The molecule has 7 heteroatoms. The lowest BCUT2D eigenvalue weighted by molar-refractivity contribution is -0.132. The molecule has 0 spiro atoms. The molecular formula is C38H72N4OS2. The van der Waals surface area contributed by atoms with Crippen molar-refractivity contribution >= 4 is 27.5 Å². The van der Waals surface area contributed by atoms with Gasteiger partial charge in [-0.15, -0.1) is 0 Å². The molecule has 0 aliphatic heterocycles. The zero-order valence-corrected chi connectivity index (χ0v) is 32.0. The van der Waals surface area contributed by atoms with Gasteiger partial charge in [0.25, 0.3) is 0 Å². The molecule has 0 heterocycles. The molecule has 262 valence electrons. The van der Waals surface area contributed by atoms with Gasteiger partial charge in [0.1, 0.15) is 0 Å². The number of fused-ring (bicyclic) bond motifs is 3. The first-order valence-electron chi connectivity index (χ1n) is 18.8. The van der Waals surface area contributed by atoms with E-state index in [0.717, 1.165) is 61.3 Å². The van der Waals surface area contributed by atoms with Crippen molar-refractivity contribution in [2.75, 3.05) is 31.9 Å². The Kier molecular flexibility index (Phi) is 16.1. The summed E-state index contributed by atoms with van der Waals surface area (Å²) in [7, 11) is 3.80. The van der Waals surface area contributed by atoms with Crippen molar-refractivity contribution < 1.29 is 4.79 Å². The van der Waals surface area contributed by atoms with E-state index < -0.39 is 6.04 Å². The SMILES string of the molecule is CCC(C(C)CCCC(C)C)C1(C)CCC2C(CC=C3CC(SSCC(N)C(=O)N(CCCN)CCCCN)CCC32C)C1C. The third-order valence-corrected chi connectivity index (χ3v) is 15.8. The van der Waals surface area contributed by atoms with E-state index in [-0.39, 0.29) is 5.91 Å². The Morgan fingerprint density at radius 2 is 1.73 bits per heavy atom. The van der Waals surface area contributed by atoms with Crippen molar-refractivity contribution in [3.8, 4) is 0 Å². The molecule has 0 aromatic heterocycles. The maximum atomic E-state index is 13.1. The number of carbonyl (C=O) groups is 1. The molecule has 3 aliphatic carbocycles. The summed E-state index contributed by atoms with van der Waals surface area (Å²) in [6, 6.07) is -0.454. The second-order valence-electron chi connectivity index (χ2n) is 16.1. The van der Waals surface area contributed by atoms with Crippen LogP contribution < -0.4 is 17.2 Å². The van der Waals surface area contributed by atoms with Crippen LogP contribution in [0.4, 0.5) is 0 Å². The van der Waals surface area contributed by atoms with Gasteiger partial charge in [-0.2, -0.15) is 0 Å². The minimum absolute atomic E-state index is 0.0690. The highest BCUT2D eigenvalue weighted by Crippen LogP contribution is 2.64. The lowest BCUT2D eigenvalue weighted by Crippen LogP contribution is -2.52. The summed E-state index contributed by atoms with van der Waals surface area (Å²) in [5, 5.41) is 0.619. The van der Waals surface area contributed by atoms with Gasteiger partial charge in [0, 0.05) is 24.1 Å². The number of nitrogens with two attached hydrogens (primary N) is 3. The van der Waals surface area contributed by atoms with Gasteiger partial charge in [-0.05, 0) is 117 Å². The fourth-order valence-electron chi connectivity index (χ4n) is 9.87. The molecule has 9 atom stereocenters. The monoisotopic (exact) mass is 665 g/mol. The molecule has 2 fully saturated rings. The summed E-state index contributed by atoms with van der Waals surface area (Å²) in [6.07, 6.45) is 18.7. The van der Waals surface area contributed by atoms with Crippen LogP contribution in [0.5, 0.6) is 0 Å². The smallest absolute Gasteiger partial charge is 0.240 e. The molecule has 45 heavy (non-hydrogen) atoms. The lowest BCUT2D eigenvalue weighted by Gasteiger charge is -2.60. The minimum Gasteiger partial charge on any atom is -0.341 e. The second-order valence-corrected chi connectivity index (χ2v) is 18.8. The van der Waals surface area contributed by atoms with E-state index in [1.807, 2.05) is 26.5 Å². The fraction of sp³-hybridized carbons (Fsp3) is 0.921. The molecule has 3 rings (SSSR count). The minimum atomic E-state index is -0.454. The summed E-state index contributed by atoms with van der Waals surface area (Å²) < 4.78 is 0. The topological polar surface area (TPSA) is 98.4 Å². The molecule has 3 aliphatic rings. The van der Waals surface area contributed by atoms with Gasteiger partial charge >= 0.3 is 0 Å². The average Bonchev–Trinajstić information content (AvgIpc) is 3.00. The summed E-state index contributed by atoms with van der Waals surface area (Å²) in [5.41, 5.74) is 20.4. The molecule has 0 aromatic carbocycles. The Morgan fingerprint density at radius 3 is 2.40 bits per heavy atom. The molecular weight excluding hydrogens is 593 g/mol. The first-order valence-corrected chi connectivity index (χ1v) is 21.2. The predicted octanol–water partition coefficient (Wildman–Crippen LogP) is 8.66. The Balaban J connectivity index is 1.56. The van der Waals surface area contributed by atoms with Crippen LogP contribution in [0.15, 0.2) is 11.6 Å². The van der Waals surface area contributed by atoms with Crippen LogP contribution >= 0.6 is 21.6 Å². The van der Waals surface area contributed by atoms with E-state index in [9.17, 15) is 4.79 Å². The summed E-state index contributed by atoms with van der Waals surface area (Å²) in [6.45, 7) is 20.4. The van der Waals surface area contributed by atoms with E-state index in [2.05, 4.69) is 54.5 Å². The van der Waals surface area contributed by atoms with Crippen LogP contribution in [0.3, 0.4) is 0 Å². The van der Waals surface area contributed by atoms with Gasteiger partial charge in [0.15, 0.2) is 0 Å². The van der Waals surface area contributed by atoms with Crippen LogP contribution in [0.25, 0.3) is 0 Å². The Labute approximate surface area is 286 Å². The molecule has 0 radical (unpaired) electrons. The van der Waals surface area contributed by atoms with Crippen molar-refractivity contribution in [1.82, 2.24) is 4.90 Å². The van der Waals surface area contributed by atoms with Gasteiger partial charge in [-0.25, -0.2) is 0 Å². The van der Waals surface area contributed by atoms with Gasteiger partial charge < -0.3 is 22.1 Å². The van der Waals surface area contributed by atoms with Crippen molar-refractivity contribution in [1.29, 1.82) is 0 Å². The average molecular weight is 665 g/mol. The zero-order chi connectivity index (χ0) is 33.2. The second kappa shape index (κ2) is 18.5. The van der Waals surface area contributed by atoms with Gasteiger partial charge in [0.2, 0.25) is 5.91 Å². The van der Waals surface area contributed by atoms with Gasteiger partial charge in [-0.1, -0.05) is 107 Å². The Bertz CT molecular complexity index is 929. The highest BCUT2D eigenvalue weighted by Gasteiger charge is 2.55. The first kappa shape index (κ1) is 39.2. The zero-order valence-electron chi connectivity index (χ0n) is 30.3. The molecule has 0 aromatic rings. The normalized spacial score (nSPS) is 31.9. The van der Waals surface area contributed by atoms with E-state index in [1.54, 1.807) is 5.57 Å². The van der Waals surface area contributed by atoms with E-state index >= 15 is 0 Å². The molecule has 0 bridgehead atoms. The van der Waals surface area contributed by atoms with Crippen molar-refractivity contribution in [3.63, 3.8) is 0 Å². The lowest BCUT2D eigenvalue weighted by atomic mass is 9.45. The van der Waals surface area contributed by atoms with Crippen LogP contribution in [0.1, 0.15) is 132 Å². The number of allylic oxidation sites excluding steroid dienone is 2. The number of amides is 1. The maximum Gasteiger partial charge on any atom is 0.240 e. The highest BCUT2D eigenvalue weighted by molar-refractivity contribution is 8.77. The summed E-state index contributed by atoms with van der Waals surface area (Å²) in [4.78, 5) is 15.0. The van der Waals surface area contributed by atoms with Crippen LogP contribution in [-0.4, -0.2) is 54.0 Å². The predicted molar refractivity (Wildman–Crippen MR) is 200 cm³/mol. The number of hydrogen-bond donors (Lipinski definition) is 3. The maximum absolute atomic E-state index is 13.1. The summed E-state index contributed by atoms with van der Waals surface area (Å²) in [5.74, 6) is 5.65. The van der Waals surface area contributed by atoms with Gasteiger partial charge in [-0.3, -0.25) is 4.79 Å². The largest absolute Gasteiger partial charge is 0.341 e. The number of carbonyl (C=O) groups excluding carboxylic acids is 1. The molecule has 1 amide bonds. The Hall–Kier alpha value is -0.210. The van der Waals surface area contributed by atoms with Crippen molar-refractivity contribution in [2.24, 2.45) is 63.5 Å². The standard InChI is InChI=1S/C38H72N4OS2/c1-8-33(28(4)14-11-13-27(2)3)37(6)20-18-34-32(29(37)5)16-15-30-25-31(17-19-38(30,34)7)45-44-26-35(41)36(43)42(24-12-22-40)23-10-9-21-39/h15,27-29,31-35H,8-14,16-26,39-41H2,1-7H3. The molecule has 9 unspecified atom stereocenters. The quantitative estimate of drug-likeness (QED) is 0.0726. The number of nitrogens with zero attached hydrogens (tertiary/aromatic N) is 1. The van der Waals surface area contributed by atoms with E-state index in [0.29, 0.717) is 41.5 Å². The summed E-state index contributed by atoms with van der Waals surface area (Å²) >= 11 is 0. The fourth-order valence-corrected chi connectivity index (χ4v) is 12.6. The van der Waals surface area contributed by atoms with Crippen molar-refractivity contribution in [3.05, 3.63) is 11.6 Å². The number of hydrogen-bond acceptors (Lipinski definition) is 6. The molecule has 6 N–H and O–H groups in total. The van der Waals surface area contributed by atoms with Crippen LogP contribution in [0, 0.1) is 46.3 Å². The first-order chi connectivity index (χ1) is 21.4. The highest BCUT2D eigenvalue weighted by atomic mass is 33.1. The van der Waals surface area contributed by atoms with Crippen molar-refractivity contribution in [2.45, 2.75) is 143 Å². The molecule has 5 nitrogen and oxygen atoms in total. The van der Waals surface area contributed by atoms with E-state index in [4.69, 9.17) is 17.2 Å². The van der Waals surface area contributed by atoms with Crippen LogP contribution in [0.2, 0.25) is 0 Å². The molecule has 2 saturated carbocycles.